The van der Waals surface area contributed by atoms with Gasteiger partial charge >= 0.3 is 18.3 Å². The molecule has 6 nitrogen and oxygen atoms in total. The number of piperazine rings is 1. The molecule has 12 heteroatoms. The number of carbonyl (C=O) groups excluding carboxylic acids is 1. The van der Waals surface area contributed by atoms with Gasteiger partial charge in [0.05, 0.1) is 13.2 Å². The van der Waals surface area contributed by atoms with Crippen LogP contribution in [0, 0.1) is 0 Å². The monoisotopic (exact) mass is 455 g/mol. The summed E-state index contributed by atoms with van der Waals surface area (Å²) in [6.07, 6.45) is -15.6. The molecular weight excluding hydrogens is 432 g/mol. The fourth-order valence-corrected chi connectivity index (χ4v) is 3.66. The molecule has 0 spiro atoms. The predicted octanol–water partition coefficient (Wildman–Crippen LogP) is 2.33. The molecule has 1 aromatic rings. The number of hydrogen-bond donors (Lipinski definition) is 1. The first-order valence-corrected chi connectivity index (χ1v) is 9.76. The lowest BCUT2D eigenvalue weighted by Crippen LogP contribution is -2.57. The van der Waals surface area contributed by atoms with Crippen molar-refractivity contribution in [2.45, 2.75) is 31.0 Å². The number of alkyl halides is 6. The normalized spacial score (nSPS) is 21.4. The van der Waals surface area contributed by atoms with E-state index in [1.54, 1.807) is 11.0 Å². The molecule has 2 saturated heterocycles. The maximum absolute atomic E-state index is 12.8. The van der Waals surface area contributed by atoms with E-state index in [9.17, 15) is 31.1 Å². The Balaban J connectivity index is 1.76. The van der Waals surface area contributed by atoms with Crippen LogP contribution >= 0.6 is 0 Å². The first-order chi connectivity index (χ1) is 14.6. The first-order valence-electron chi connectivity index (χ1n) is 9.76. The van der Waals surface area contributed by atoms with E-state index in [4.69, 9.17) is 4.74 Å². The Morgan fingerprint density at radius 3 is 2.39 bits per heavy atom. The second kappa shape index (κ2) is 9.61. The highest BCUT2D eigenvalue weighted by molar-refractivity contribution is 5.76. The number of nitrogens with zero attached hydrogens (tertiary/aromatic N) is 2. The molecule has 1 N–H and O–H groups in total. The average molecular weight is 455 g/mol. The molecule has 3 rings (SSSR count). The Morgan fingerprint density at radius 1 is 1.10 bits per heavy atom. The average Bonchev–Trinajstić information content (AvgIpc) is 2.71. The van der Waals surface area contributed by atoms with Gasteiger partial charge in [-0.05, 0) is 11.6 Å². The smallest absolute Gasteiger partial charge is 0.434 e. The summed E-state index contributed by atoms with van der Waals surface area (Å²) in [6, 6.07) is 6.06. The summed E-state index contributed by atoms with van der Waals surface area (Å²) in [5.74, 6) is -1.56. The van der Waals surface area contributed by atoms with Crippen molar-refractivity contribution < 1.29 is 40.6 Å². The number of halogens is 6. The van der Waals surface area contributed by atoms with Crippen molar-refractivity contribution in [1.29, 1.82) is 0 Å². The summed E-state index contributed by atoms with van der Waals surface area (Å²) in [5, 5.41) is 2.83. The minimum Gasteiger partial charge on any atom is -0.442 e. The number of anilines is 1. The molecule has 2 heterocycles. The van der Waals surface area contributed by atoms with Crippen LogP contribution in [0.1, 0.15) is 5.56 Å². The Hall–Kier alpha value is -2.05. The highest BCUT2D eigenvalue weighted by Gasteiger charge is 2.60. The van der Waals surface area contributed by atoms with E-state index in [-0.39, 0.29) is 19.6 Å². The Kier molecular flexibility index (Phi) is 7.32. The lowest BCUT2D eigenvalue weighted by molar-refractivity contribution is -0.314. The molecule has 31 heavy (non-hydrogen) atoms. The minimum atomic E-state index is -5.75. The largest absolute Gasteiger partial charge is 0.442 e. The summed E-state index contributed by atoms with van der Waals surface area (Å²) < 4.78 is 86.1. The summed E-state index contributed by atoms with van der Waals surface area (Å²) in [4.78, 5) is 16.0. The van der Waals surface area contributed by atoms with E-state index in [1.165, 1.54) is 0 Å². The molecule has 174 valence electrons. The zero-order valence-electron chi connectivity index (χ0n) is 16.5. The third-order valence-electron chi connectivity index (χ3n) is 5.17. The van der Waals surface area contributed by atoms with Crippen LogP contribution in [-0.4, -0.2) is 81.3 Å². The van der Waals surface area contributed by atoms with Crippen LogP contribution < -0.4 is 10.2 Å². The maximum Gasteiger partial charge on any atom is 0.434 e. The molecular formula is C19H23F6N3O3. The van der Waals surface area contributed by atoms with E-state index in [2.05, 4.69) is 15.0 Å². The fraction of sp³-hybridized carbons (Fsp3) is 0.632. The standard InChI is InChI=1S/C19H23F6N3O3/c20-18(21,22)17(19(23,24)25)31-16(29)15-11-26-5-6-28(15)12-13-3-1-2-4-14(13)27-7-9-30-10-8-27/h1-4,15,17,26H,5-12H2. The number of hydrogen-bond acceptors (Lipinski definition) is 6. The van der Waals surface area contributed by atoms with Gasteiger partial charge < -0.3 is 19.7 Å². The van der Waals surface area contributed by atoms with Crippen molar-refractivity contribution in [1.82, 2.24) is 10.2 Å². The first kappa shape index (κ1) is 23.6. The van der Waals surface area contributed by atoms with Crippen molar-refractivity contribution in [2.75, 3.05) is 50.8 Å². The van der Waals surface area contributed by atoms with Crippen LogP contribution in [0.25, 0.3) is 0 Å². The Bertz CT molecular complexity index is 738. The van der Waals surface area contributed by atoms with Crippen LogP contribution in [0.4, 0.5) is 32.0 Å². The third kappa shape index (κ3) is 6.01. The molecule has 0 radical (unpaired) electrons. The SMILES string of the molecule is O=C(OC(C(F)(F)F)C(F)(F)F)C1CNCCN1Cc1ccccc1N1CCOCC1. The molecule has 2 fully saturated rings. The molecule has 0 bridgehead atoms. The molecule has 1 atom stereocenters. The molecule has 0 aliphatic carbocycles. The quantitative estimate of drug-likeness (QED) is 0.544. The number of rotatable bonds is 5. The molecule has 1 aromatic carbocycles. The Labute approximate surface area is 175 Å². The second-order valence-electron chi connectivity index (χ2n) is 7.32. The van der Waals surface area contributed by atoms with Gasteiger partial charge in [0.2, 0.25) is 0 Å². The lowest BCUT2D eigenvalue weighted by Gasteiger charge is -2.37. The topological polar surface area (TPSA) is 54.0 Å². The van der Waals surface area contributed by atoms with Gasteiger partial charge in [-0.15, -0.1) is 0 Å². The molecule has 1 unspecified atom stereocenters. The van der Waals surface area contributed by atoms with E-state index < -0.39 is 30.5 Å². The van der Waals surface area contributed by atoms with Crippen molar-refractivity contribution >= 4 is 11.7 Å². The summed E-state index contributed by atoms with van der Waals surface area (Å²) in [6.45, 7) is 3.18. The number of nitrogens with one attached hydrogen (secondary N) is 1. The highest BCUT2D eigenvalue weighted by Crippen LogP contribution is 2.36. The number of esters is 1. The summed E-state index contributed by atoms with van der Waals surface area (Å²) in [5.41, 5.74) is 1.70. The number of morpholine rings is 1. The predicted molar refractivity (Wildman–Crippen MR) is 98.5 cm³/mol. The molecule has 0 aromatic heterocycles. The second-order valence-corrected chi connectivity index (χ2v) is 7.32. The fourth-order valence-electron chi connectivity index (χ4n) is 3.66. The van der Waals surface area contributed by atoms with Gasteiger partial charge in [0, 0.05) is 45.0 Å². The van der Waals surface area contributed by atoms with E-state index in [1.807, 2.05) is 18.2 Å². The zero-order valence-corrected chi connectivity index (χ0v) is 16.5. The molecule has 0 amide bonds. The van der Waals surface area contributed by atoms with E-state index in [0.717, 1.165) is 11.3 Å². The van der Waals surface area contributed by atoms with E-state index in [0.29, 0.717) is 32.8 Å². The van der Waals surface area contributed by atoms with Crippen LogP contribution in [0.3, 0.4) is 0 Å². The van der Waals surface area contributed by atoms with Crippen molar-refractivity contribution in [3.8, 4) is 0 Å². The molecule has 0 saturated carbocycles. The van der Waals surface area contributed by atoms with Crippen LogP contribution in [0.15, 0.2) is 24.3 Å². The maximum atomic E-state index is 12.8. The summed E-state index contributed by atoms with van der Waals surface area (Å²) in [7, 11) is 0. The zero-order chi connectivity index (χ0) is 22.6. The lowest BCUT2D eigenvalue weighted by atomic mass is 10.1. The third-order valence-corrected chi connectivity index (χ3v) is 5.17. The number of benzene rings is 1. The van der Waals surface area contributed by atoms with Crippen LogP contribution in [0.2, 0.25) is 0 Å². The molecule has 2 aliphatic heterocycles. The van der Waals surface area contributed by atoms with Gasteiger partial charge in [-0.1, -0.05) is 18.2 Å². The van der Waals surface area contributed by atoms with Crippen molar-refractivity contribution in [3.63, 3.8) is 0 Å². The van der Waals surface area contributed by atoms with Gasteiger partial charge in [-0.2, -0.15) is 26.3 Å². The van der Waals surface area contributed by atoms with Gasteiger partial charge in [0.15, 0.2) is 0 Å². The number of ether oxygens (including phenoxy) is 2. The number of carbonyl (C=O) groups is 1. The molecule has 2 aliphatic rings. The van der Waals surface area contributed by atoms with Gasteiger partial charge in [0.1, 0.15) is 6.04 Å². The minimum absolute atomic E-state index is 0.110. The van der Waals surface area contributed by atoms with Gasteiger partial charge in [-0.3, -0.25) is 9.69 Å². The van der Waals surface area contributed by atoms with E-state index >= 15 is 0 Å². The van der Waals surface area contributed by atoms with Crippen LogP contribution in [0.5, 0.6) is 0 Å². The Morgan fingerprint density at radius 2 is 1.74 bits per heavy atom. The van der Waals surface area contributed by atoms with Crippen molar-refractivity contribution in [3.05, 3.63) is 29.8 Å². The van der Waals surface area contributed by atoms with Crippen molar-refractivity contribution in [2.24, 2.45) is 0 Å². The van der Waals surface area contributed by atoms with Gasteiger partial charge in [0.25, 0.3) is 6.10 Å². The van der Waals surface area contributed by atoms with Crippen LogP contribution in [-0.2, 0) is 20.8 Å². The van der Waals surface area contributed by atoms with Gasteiger partial charge in [-0.25, -0.2) is 0 Å². The number of para-hydroxylation sites is 1. The highest BCUT2D eigenvalue weighted by atomic mass is 19.4. The summed E-state index contributed by atoms with van der Waals surface area (Å²) >= 11 is 0.